The first-order chi connectivity index (χ1) is 11.2. The minimum absolute atomic E-state index is 0.189. The van der Waals surface area contributed by atoms with Crippen molar-refractivity contribution in [1.29, 1.82) is 0 Å². The van der Waals surface area contributed by atoms with Crippen molar-refractivity contribution >= 4 is 40.7 Å². The summed E-state index contributed by atoms with van der Waals surface area (Å²) in [5.74, 6) is 0.456. The molecule has 0 saturated carbocycles. The molecule has 0 radical (unpaired) electrons. The molecule has 0 aliphatic heterocycles. The molecular weight excluding hydrogens is 330 g/mol. The maximum Gasteiger partial charge on any atom is 0.249 e. The van der Waals surface area contributed by atoms with E-state index in [1.165, 1.54) is 6.08 Å². The monoisotopic (exact) mass is 343 g/mol. The first-order valence-corrected chi connectivity index (χ1v) is 8.25. The van der Waals surface area contributed by atoms with Gasteiger partial charge >= 0.3 is 0 Å². The average molecular weight is 344 g/mol. The van der Waals surface area contributed by atoms with Gasteiger partial charge in [-0.25, -0.2) is 4.68 Å². The van der Waals surface area contributed by atoms with Crippen molar-refractivity contribution in [3.63, 3.8) is 0 Å². The van der Waals surface area contributed by atoms with Gasteiger partial charge in [0.1, 0.15) is 5.82 Å². The fourth-order valence-corrected chi connectivity index (χ4v) is 2.92. The summed E-state index contributed by atoms with van der Waals surface area (Å²) in [4.78, 5) is 13.0. The van der Waals surface area contributed by atoms with Gasteiger partial charge in [0, 0.05) is 22.0 Å². The molecule has 3 rings (SSSR count). The zero-order valence-electron chi connectivity index (χ0n) is 12.1. The largest absolute Gasteiger partial charge is 0.307 e. The molecule has 0 bridgehead atoms. The lowest BCUT2D eigenvalue weighted by molar-refractivity contribution is -0.111. The summed E-state index contributed by atoms with van der Waals surface area (Å²) >= 11 is 7.57. The molecule has 3 aromatic rings. The van der Waals surface area contributed by atoms with Crippen LogP contribution in [0.5, 0.6) is 0 Å². The Morgan fingerprint density at radius 1 is 1.30 bits per heavy atom. The van der Waals surface area contributed by atoms with Crippen molar-refractivity contribution in [3.8, 4) is 0 Å². The fourth-order valence-electron chi connectivity index (χ4n) is 2.08. The van der Waals surface area contributed by atoms with Crippen LogP contribution in [0.1, 0.15) is 10.4 Å². The first-order valence-electron chi connectivity index (χ1n) is 6.99. The molecule has 116 valence electrons. The molecular formula is C17H14ClN3OS. The number of rotatable bonds is 5. The molecule has 1 amide bonds. The van der Waals surface area contributed by atoms with Gasteiger partial charge in [-0.15, -0.1) is 11.3 Å². The molecule has 0 fully saturated rings. The molecule has 1 aromatic carbocycles. The van der Waals surface area contributed by atoms with E-state index in [0.717, 1.165) is 10.4 Å². The van der Waals surface area contributed by atoms with E-state index in [1.807, 2.05) is 41.8 Å². The number of aromatic nitrogens is 2. The second-order valence-corrected chi connectivity index (χ2v) is 6.26. The summed E-state index contributed by atoms with van der Waals surface area (Å²) in [7, 11) is 0. The Balaban J connectivity index is 1.67. The molecule has 0 spiro atoms. The summed E-state index contributed by atoms with van der Waals surface area (Å²) in [6, 6.07) is 13.2. The fraction of sp³-hybridized carbons (Fsp3) is 0.0588. The Bertz CT molecular complexity index is 824. The van der Waals surface area contributed by atoms with Crippen molar-refractivity contribution < 1.29 is 4.79 Å². The maximum atomic E-state index is 12.0. The van der Waals surface area contributed by atoms with Crippen LogP contribution < -0.4 is 5.32 Å². The van der Waals surface area contributed by atoms with Crippen molar-refractivity contribution in [3.05, 3.63) is 75.6 Å². The Labute approximate surface area is 143 Å². The molecule has 23 heavy (non-hydrogen) atoms. The third-order valence-corrected chi connectivity index (χ3v) is 4.20. The van der Waals surface area contributed by atoms with Crippen molar-refractivity contribution in [1.82, 2.24) is 9.78 Å². The average Bonchev–Trinajstić information content (AvgIpc) is 3.18. The molecule has 6 heteroatoms. The Hall–Kier alpha value is -2.37. The minimum Gasteiger partial charge on any atom is -0.307 e. The van der Waals surface area contributed by atoms with Crippen LogP contribution in [0.2, 0.25) is 5.02 Å². The Morgan fingerprint density at radius 2 is 2.22 bits per heavy atom. The molecule has 4 nitrogen and oxygen atoms in total. The van der Waals surface area contributed by atoms with Gasteiger partial charge in [-0.05, 0) is 35.2 Å². The van der Waals surface area contributed by atoms with Crippen molar-refractivity contribution in [2.75, 3.05) is 5.32 Å². The van der Waals surface area contributed by atoms with E-state index in [1.54, 1.807) is 34.4 Å². The number of hydrogen-bond acceptors (Lipinski definition) is 3. The van der Waals surface area contributed by atoms with Crippen LogP contribution in [0.15, 0.2) is 60.1 Å². The van der Waals surface area contributed by atoms with Crippen LogP contribution in [0.4, 0.5) is 5.82 Å². The number of nitrogens with one attached hydrogen (secondary N) is 1. The van der Waals surface area contributed by atoms with E-state index in [4.69, 9.17) is 11.6 Å². The first kappa shape index (κ1) is 15.5. The topological polar surface area (TPSA) is 46.9 Å². The number of benzene rings is 1. The van der Waals surface area contributed by atoms with E-state index in [-0.39, 0.29) is 5.91 Å². The van der Waals surface area contributed by atoms with Gasteiger partial charge in [0.25, 0.3) is 0 Å². The summed E-state index contributed by atoms with van der Waals surface area (Å²) in [5.41, 5.74) is 1.02. The summed E-state index contributed by atoms with van der Waals surface area (Å²) in [6.45, 7) is 0.539. The number of anilines is 1. The second-order valence-electron chi connectivity index (χ2n) is 4.84. The summed E-state index contributed by atoms with van der Waals surface area (Å²) < 4.78 is 1.72. The van der Waals surface area contributed by atoms with Crippen LogP contribution in [0.3, 0.4) is 0 Å². The van der Waals surface area contributed by atoms with Crippen LogP contribution in [0.25, 0.3) is 6.08 Å². The quantitative estimate of drug-likeness (QED) is 0.702. The molecule has 0 aliphatic rings. The van der Waals surface area contributed by atoms with Gasteiger partial charge in [-0.3, -0.25) is 4.79 Å². The lowest BCUT2D eigenvalue weighted by Crippen LogP contribution is -2.13. The van der Waals surface area contributed by atoms with Gasteiger partial charge in [0.15, 0.2) is 0 Å². The highest BCUT2D eigenvalue weighted by molar-refractivity contribution is 7.10. The Morgan fingerprint density at radius 3 is 3.00 bits per heavy atom. The third-order valence-electron chi connectivity index (χ3n) is 3.13. The maximum absolute atomic E-state index is 12.0. The molecule has 2 aromatic heterocycles. The Kier molecular flexibility index (Phi) is 4.90. The minimum atomic E-state index is -0.189. The smallest absolute Gasteiger partial charge is 0.249 e. The lowest BCUT2D eigenvalue weighted by Gasteiger charge is -2.08. The number of thiophene rings is 1. The SMILES string of the molecule is O=C(/C=C/c1cccs1)Nc1ccnn1Cc1cccc(Cl)c1. The van der Waals surface area contributed by atoms with E-state index < -0.39 is 0 Å². The molecule has 2 heterocycles. The molecule has 0 unspecified atom stereocenters. The van der Waals surface area contributed by atoms with Crippen molar-refractivity contribution in [2.45, 2.75) is 6.54 Å². The van der Waals surface area contributed by atoms with Crippen LogP contribution in [0, 0.1) is 0 Å². The molecule has 0 saturated heterocycles. The predicted molar refractivity (Wildman–Crippen MR) is 94.8 cm³/mol. The van der Waals surface area contributed by atoms with Gasteiger partial charge in [-0.2, -0.15) is 5.10 Å². The van der Waals surface area contributed by atoms with Gasteiger partial charge < -0.3 is 5.32 Å². The summed E-state index contributed by atoms with van der Waals surface area (Å²) in [6.07, 6.45) is 4.96. The lowest BCUT2D eigenvalue weighted by atomic mass is 10.2. The van der Waals surface area contributed by atoms with E-state index in [0.29, 0.717) is 17.4 Å². The summed E-state index contributed by atoms with van der Waals surface area (Å²) in [5, 5.41) is 9.72. The molecule has 0 aliphatic carbocycles. The van der Waals surface area contributed by atoms with Gasteiger partial charge in [0.2, 0.25) is 5.91 Å². The van der Waals surface area contributed by atoms with E-state index in [9.17, 15) is 4.79 Å². The van der Waals surface area contributed by atoms with E-state index in [2.05, 4.69) is 10.4 Å². The number of halogens is 1. The molecule has 0 atom stereocenters. The molecule has 1 N–H and O–H groups in total. The zero-order chi connectivity index (χ0) is 16.1. The normalized spacial score (nSPS) is 11.0. The van der Waals surface area contributed by atoms with Gasteiger partial charge in [-0.1, -0.05) is 29.8 Å². The third kappa shape index (κ3) is 4.31. The number of hydrogen-bond donors (Lipinski definition) is 1. The highest BCUT2D eigenvalue weighted by atomic mass is 35.5. The highest BCUT2D eigenvalue weighted by Gasteiger charge is 2.06. The van der Waals surface area contributed by atoms with E-state index >= 15 is 0 Å². The van der Waals surface area contributed by atoms with Crippen LogP contribution >= 0.6 is 22.9 Å². The standard InChI is InChI=1S/C17H14ClN3OS/c18-14-4-1-3-13(11-14)12-21-16(8-9-19-21)20-17(22)7-6-15-5-2-10-23-15/h1-11H,12H2,(H,20,22)/b7-6+. The van der Waals surface area contributed by atoms with Crippen LogP contribution in [-0.2, 0) is 11.3 Å². The zero-order valence-corrected chi connectivity index (χ0v) is 13.7. The van der Waals surface area contributed by atoms with Crippen LogP contribution in [-0.4, -0.2) is 15.7 Å². The number of amides is 1. The number of carbonyl (C=O) groups excluding carboxylic acids is 1. The van der Waals surface area contributed by atoms with Gasteiger partial charge in [0.05, 0.1) is 12.7 Å². The highest BCUT2D eigenvalue weighted by Crippen LogP contribution is 2.15. The van der Waals surface area contributed by atoms with Crippen molar-refractivity contribution in [2.24, 2.45) is 0 Å². The second kappa shape index (κ2) is 7.26. The predicted octanol–water partition coefficient (Wildman–Crippen LogP) is 4.30. The number of nitrogens with zero attached hydrogens (tertiary/aromatic N) is 2. The number of carbonyl (C=O) groups is 1.